The van der Waals surface area contributed by atoms with E-state index >= 15 is 0 Å². The summed E-state index contributed by atoms with van der Waals surface area (Å²) in [4.78, 5) is 23.9. The smallest absolute Gasteiger partial charge is 0.228 e. The Kier molecular flexibility index (Phi) is 3.99. The molecule has 2 aliphatic carbocycles. The molecule has 0 spiro atoms. The van der Waals surface area contributed by atoms with Crippen molar-refractivity contribution in [3.63, 3.8) is 0 Å². The lowest BCUT2D eigenvalue weighted by Crippen LogP contribution is -2.27. The van der Waals surface area contributed by atoms with Gasteiger partial charge in [0.2, 0.25) is 11.2 Å². The summed E-state index contributed by atoms with van der Waals surface area (Å²) >= 11 is 5.85. The van der Waals surface area contributed by atoms with Crippen molar-refractivity contribution in [2.45, 2.75) is 44.2 Å². The molecule has 7 heteroatoms. The average Bonchev–Trinajstić information content (AvgIpc) is 3.34. The van der Waals surface area contributed by atoms with Crippen LogP contribution >= 0.6 is 11.6 Å². The topological polar surface area (TPSA) is 75.4 Å². The highest BCUT2D eigenvalue weighted by Crippen LogP contribution is 2.37. The SMILES string of the molecule is CN1C(=O)CCN(C2CC2)c2nc(Cl)ncc21.NC1CC1. The normalized spacial score (nSPS) is 21.4. The number of carbonyl (C=O) groups is 1. The molecule has 0 bridgehead atoms. The van der Waals surface area contributed by atoms with Crippen LogP contribution in [0.4, 0.5) is 11.5 Å². The Bertz CT molecular complexity index is 544. The number of nitrogens with zero attached hydrogens (tertiary/aromatic N) is 4. The van der Waals surface area contributed by atoms with Crippen molar-refractivity contribution in [2.24, 2.45) is 5.73 Å². The lowest BCUT2D eigenvalue weighted by atomic mass is 10.3. The first-order chi connectivity index (χ1) is 10.1. The molecule has 1 aromatic rings. The van der Waals surface area contributed by atoms with E-state index in [9.17, 15) is 4.79 Å². The monoisotopic (exact) mass is 309 g/mol. The highest BCUT2D eigenvalue weighted by atomic mass is 35.5. The van der Waals surface area contributed by atoms with E-state index < -0.39 is 0 Å². The number of halogens is 1. The first-order valence-electron chi connectivity index (χ1n) is 7.37. The summed E-state index contributed by atoms with van der Waals surface area (Å²) in [5, 5.41) is 0.233. The molecular weight excluding hydrogens is 290 g/mol. The van der Waals surface area contributed by atoms with Crippen LogP contribution in [0.25, 0.3) is 0 Å². The van der Waals surface area contributed by atoms with Crippen molar-refractivity contribution in [2.75, 3.05) is 23.4 Å². The van der Waals surface area contributed by atoms with Crippen LogP contribution in [0.15, 0.2) is 6.20 Å². The first kappa shape index (κ1) is 14.5. The molecule has 0 saturated heterocycles. The number of hydrogen-bond acceptors (Lipinski definition) is 5. The molecule has 0 atom stereocenters. The Morgan fingerprint density at radius 2 is 2.00 bits per heavy atom. The van der Waals surface area contributed by atoms with Crippen molar-refractivity contribution in [1.82, 2.24) is 9.97 Å². The molecule has 21 heavy (non-hydrogen) atoms. The van der Waals surface area contributed by atoms with E-state index in [4.69, 9.17) is 17.3 Å². The van der Waals surface area contributed by atoms with Crippen molar-refractivity contribution < 1.29 is 4.79 Å². The molecule has 4 rings (SSSR count). The molecule has 1 aliphatic heterocycles. The highest BCUT2D eigenvalue weighted by molar-refractivity contribution is 6.28. The Balaban J connectivity index is 0.000000287. The number of hydrogen-bond donors (Lipinski definition) is 1. The second kappa shape index (κ2) is 5.77. The summed E-state index contributed by atoms with van der Waals surface area (Å²) in [5.74, 6) is 0.890. The van der Waals surface area contributed by atoms with Gasteiger partial charge in [-0.1, -0.05) is 0 Å². The molecule has 3 aliphatic rings. The fraction of sp³-hybridized carbons (Fsp3) is 0.643. The van der Waals surface area contributed by atoms with Crippen LogP contribution in [0.5, 0.6) is 0 Å². The third-order valence-electron chi connectivity index (χ3n) is 3.90. The number of amides is 1. The van der Waals surface area contributed by atoms with Gasteiger partial charge in [0, 0.05) is 32.1 Å². The number of rotatable bonds is 1. The minimum Gasteiger partial charge on any atom is -0.351 e. The van der Waals surface area contributed by atoms with Gasteiger partial charge in [0.15, 0.2) is 5.82 Å². The fourth-order valence-electron chi connectivity index (χ4n) is 2.26. The van der Waals surface area contributed by atoms with Crippen LogP contribution in [-0.4, -0.2) is 41.6 Å². The number of nitrogens with two attached hydrogens (primary N) is 1. The second-order valence-electron chi connectivity index (χ2n) is 5.81. The molecular formula is C14H20ClN5O. The number of carbonyl (C=O) groups excluding carboxylic acids is 1. The Morgan fingerprint density at radius 1 is 1.33 bits per heavy atom. The predicted octanol–water partition coefficient (Wildman–Crippen LogP) is 1.57. The molecule has 0 radical (unpaired) electrons. The number of fused-ring (bicyclic) bond motifs is 1. The molecule has 2 fully saturated rings. The van der Waals surface area contributed by atoms with Crippen molar-refractivity contribution in [3.8, 4) is 0 Å². The van der Waals surface area contributed by atoms with Gasteiger partial charge >= 0.3 is 0 Å². The number of aromatic nitrogens is 2. The third-order valence-corrected chi connectivity index (χ3v) is 4.09. The maximum atomic E-state index is 11.9. The standard InChI is InChI=1S/C11H13ClN4O.C3H7N/c1-15-8-6-13-11(12)14-10(8)16(7-2-3-7)5-4-9(15)17;4-3-1-2-3/h6-7H,2-5H2,1H3;3H,1-2,4H2. The van der Waals surface area contributed by atoms with Crippen LogP contribution in [0.1, 0.15) is 32.1 Å². The summed E-state index contributed by atoms with van der Waals surface area (Å²) in [7, 11) is 1.76. The zero-order valence-corrected chi connectivity index (χ0v) is 12.9. The maximum absolute atomic E-state index is 11.9. The molecule has 2 saturated carbocycles. The number of anilines is 2. The summed E-state index contributed by atoms with van der Waals surface area (Å²) in [5.41, 5.74) is 5.98. The van der Waals surface area contributed by atoms with Crippen molar-refractivity contribution in [1.29, 1.82) is 0 Å². The van der Waals surface area contributed by atoms with Crippen molar-refractivity contribution in [3.05, 3.63) is 11.5 Å². The predicted molar refractivity (Wildman–Crippen MR) is 82.6 cm³/mol. The van der Waals surface area contributed by atoms with Crippen LogP contribution in [0.3, 0.4) is 0 Å². The van der Waals surface area contributed by atoms with Gasteiger partial charge in [-0.2, -0.15) is 4.98 Å². The van der Waals surface area contributed by atoms with E-state index in [1.165, 1.54) is 25.7 Å². The van der Waals surface area contributed by atoms with E-state index in [0.717, 1.165) is 11.5 Å². The third kappa shape index (κ3) is 3.44. The summed E-state index contributed by atoms with van der Waals surface area (Å²) < 4.78 is 0. The molecule has 6 nitrogen and oxygen atoms in total. The molecule has 0 unspecified atom stereocenters. The first-order valence-corrected chi connectivity index (χ1v) is 7.75. The highest BCUT2D eigenvalue weighted by Gasteiger charge is 2.35. The summed E-state index contributed by atoms with van der Waals surface area (Å²) in [6, 6.07) is 1.10. The quantitative estimate of drug-likeness (QED) is 0.797. The average molecular weight is 310 g/mol. The molecule has 2 N–H and O–H groups in total. The van der Waals surface area contributed by atoms with E-state index in [1.807, 2.05) is 0 Å². The lowest BCUT2D eigenvalue weighted by molar-refractivity contribution is -0.118. The summed E-state index contributed by atoms with van der Waals surface area (Å²) in [6.07, 6.45) is 7.00. The zero-order chi connectivity index (χ0) is 15.0. The van der Waals surface area contributed by atoms with Gasteiger partial charge in [0.05, 0.1) is 6.20 Å². The van der Waals surface area contributed by atoms with Gasteiger partial charge < -0.3 is 15.5 Å². The zero-order valence-electron chi connectivity index (χ0n) is 12.1. The molecule has 1 amide bonds. The van der Waals surface area contributed by atoms with Crippen LogP contribution < -0.4 is 15.5 Å². The van der Waals surface area contributed by atoms with E-state index in [1.54, 1.807) is 18.1 Å². The minimum atomic E-state index is 0.0975. The molecule has 1 aromatic heterocycles. The largest absolute Gasteiger partial charge is 0.351 e. The maximum Gasteiger partial charge on any atom is 0.228 e. The molecule has 114 valence electrons. The van der Waals surface area contributed by atoms with Gasteiger partial charge in [0.1, 0.15) is 5.69 Å². The van der Waals surface area contributed by atoms with E-state index in [0.29, 0.717) is 25.0 Å². The van der Waals surface area contributed by atoms with Gasteiger partial charge in [0.25, 0.3) is 0 Å². The minimum absolute atomic E-state index is 0.0975. The Hall–Kier alpha value is -1.40. The lowest BCUT2D eigenvalue weighted by Gasteiger charge is -2.23. The van der Waals surface area contributed by atoms with Crippen LogP contribution in [-0.2, 0) is 4.79 Å². The van der Waals surface area contributed by atoms with Gasteiger partial charge in [-0.3, -0.25) is 4.79 Å². The van der Waals surface area contributed by atoms with Gasteiger partial charge in [-0.05, 0) is 37.3 Å². The summed E-state index contributed by atoms with van der Waals surface area (Å²) in [6.45, 7) is 0.716. The molecule has 2 heterocycles. The van der Waals surface area contributed by atoms with Crippen LogP contribution in [0.2, 0.25) is 5.28 Å². The fourth-order valence-corrected chi connectivity index (χ4v) is 2.38. The van der Waals surface area contributed by atoms with Gasteiger partial charge in [-0.25, -0.2) is 4.98 Å². The second-order valence-corrected chi connectivity index (χ2v) is 6.15. The van der Waals surface area contributed by atoms with Crippen LogP contribution in [0, 0.1) is 0 Å². The van der Waals surface area contributed by atoms with E-state index in [-0.39, 0.29) is 11.2 Å². The van der Waals surface area contributed by atoms with Crippen molar-refractivity contribution >= 4 is 29.0 Å². The van der Waals surface area contributed by atoms with Gasteiger partial charge in [-0.15, -0.1) is 0 Å². The molecule has 0 aromatic carbocycles. The Morgan fingerprint density at radius 3 is 2.57 bits per heavy atom. The van der Waals surface area contributed by atoms with E-state index in [2.05, 4.69) is 14.9 Å². The Labute approximate surface area is 129 Å².